The molecule has 0 fully saturated rings. The maximum atomic E-state index is 15.0. The number of hydrogen-bond acceptors (Lipinski definition) is 4. The lowest BCUT2D eigenvalue weighted by atomic mass is 9.83. The number of fused-ring (bicyclic) bond motifs is 2. The van der Waals surface area contributed by atoms with Crippen LogP contribution >= 0.6 is 0 Å². The second-order valence-electron chi connectivity index (χ2n) is 7.73. The van der Waals surface area contributed by atoms with Crippen LogP contribution in [-0.4, -0.2) is 9.55 Å². The largest absolute Gasteiger partial charge is 0.438 e. The standard InChI is InChI=1S/C24H15F5N4O/c25-14-9-17(26)20-18(10-14)34-23-21(19(20)12-2-1-3-15(30)8-12)22(31)33(11-32-23)16-6-4-13(5-7-16)24(27,28)29/h1-11,19,31H,30H2. The normalized spacial score (nSPS) is 14.8. The smallest absolute Gasteiger partial charge is 0.416 e. The van der Waals surface area contributed by atoms with Crippen LogP contribution in [0.1, 0.15) is 28.2 Å². The molecule has 5 nitrogen and oxygen atoms in total. The van der Waals surface area contributed by atoms with Gasteiger partial charge in [-0.05, 0) is 42.0 Å². The molecule has 1 atom stereocenters. The lowest BCUT2D eigenvalue weighted by molar-refractivity contribution is -0.137. The highest BCUT2D eigenvalue weighted by atomic mass is 19.4. The number of halogens is 5. The minimum Gasteiger partial charge on any atom is -0.438 e. The number of nitrogens with zero attached hydrogens (tertiary/aromatic N) is 2. The summed E-state index contributed by atoms with van der Waals surface area (Å²) in [5, 5.41) is 8.82. The zero-order valence-corrected chi connectivity index (χ0v) is 17.2. The van der Waals surface area contributed by atoms with Crippen molar-refractivity contribution in [3.05, 3.63) is 106 Å². The first-order valence-electron chi connectivity index (χ1n) is 9.99. The number of nitrogens with two attached hydrogens (primary N) is 1. The van der Waals surface area contributed by atoms with Crippen molar-refractivity contribution >= 4 is 5.69 Å². The van der Waals surface area contributed by atoms with Crippen molar-refractivity contribution in [3.63, 3.8) is 0 Å². The minimum absolute atomic E-state index is 0.0000284. The number of alkyl halides is 3. The highest BCUT2D eigenvalue weighted by molar-refractivity contribution is 5.58. The summed E-state index contributed by atoms with van der Waals surface area (Å²) in [5.74, 6) is -2.77. The van der Waals surface area contributed by atoms with Gasteiger partial charge in [-0.1, -0.05) is 12.1 Å². The Morgan fingerprint density at radius 2 is 1.71 bits per heavy atom. The maximum absolute atomic E-state index is 15.0. The molecule has 2 heterocycles. The summed E-state index contributed by atoms with van der Waals surface area (Å²) in [6, 6.07) is 12.5. The van der Waals surface area contributed by atoms with Gasteiger partial charge in [0, 0.05) is 35.0 Å². The monoisotopic (exact) mass is 470 g/mol. The van der Waals surface area contributed by atoms with Gasteiger partial charge in [-0.25, -0.2) is 13.8 Å². The summed E-state index contributed by atoms with van der Waals surface area (Å²) in [7, 11) is 0. The number of rotatable bonds is 2. The average Bonchev–Trinajstić information content (AvgIpc) is 2.77. The summed E-state index contributed by atoms with van der Waals surface area (Å²) in [5.41, 5.74) is 6.20. The van der Waals surface area contributed by atoms with E-state index in [2.05, 4.69) is 4.98 Å². The van der Waals surface area contributed by atoms with Crippen molar-refractivity contribution in [2.75, 3.05) is 5.73 Å². The van der Waals surface area contributed by atoms with Gasteiger partial charge in [0.25, 0.3) is 0 Å². The van der Waals surface area contributed by atoms with Crippen LogP contribution in [0.15, 0.2) is 67.0 Å². The SMILES string of the molecule is N=c1c2c(ncn1-c1ccc(C(F)(F)F)cc1)Oc1cc(F)cc(F)c1C2c1cccc(N)c1. The molecule has 1 aliphatic rings. The zero-order chi connectivity index (χ0) is 24.2. The van der Waals surface area contributed by atoms with Crippen LogP contribution in [-0.2, 0) is 6.18 Å². The van der Waals surface area contributed by atoms with E-state index in [1.54, 1.807) is 24.3 Å². The fourth-order valence-corrected chi connectivity index (χ4v) is 4.06. The van der Waals surface area contributed by atoms with Crippen molar-refractivity contribution in [1.29, 1.82) is 5.41 Å². The van der Waals surface area contributed by atoms with E-state index >= 15 is 4.39 Å². The number of nitrogen functional groups attached to an aromatic ring is 1. The molecule has 0 saturated heterocycles. The lowest BCUT2D eigenvalue weighted by Crippen LogP contribution is -2.29. The van der Waals surface area contributed by atoms with Crippen LogP contribution in [0.25, 0.3) is 5.69 Å². The molecule has 4 aromatic rings. The maximum Gasteiger partial charge on any atom is 0.416 e. The van der Waals surface area contributed by atoms with Gasteiger partial charge in [0.2, 0.25) is 5.88 Å². The predicted octanol–water partition coefficient (Wildman–Crippen LogP) is 5.52. The molecule has 34 heavy (non-hydrogen) atoms. The van der Waals surface area contributed by atoms with Crippen LogP contribution in [0.3, 0.4) is 0 Å². The number of ether oxygens (including phenoxy) is 1. The molecular weight excluding hydrogens is 455 g/mol. The molecule has 0 spiro atoms. The van der Waals surface area contributed by atoms with E-state index in [-0.39, 0.29) is 33.9 Å². The topological polar surface area (TPSA) is 76.9 Å². The highest BCUT2D eigenvalue weighted by Gasteiger charge is 2.35. The van der Waals surface area contributed by atoms with E-state index in [1.165, 1.54) is 23.0 Å². The third-order valence-electron chi connectivity index (χ3n) is 5.57. The Hall–Kier alpha value is -4.21. The summed E-state index contributed by atoms with van der Waals surface area (Å²) >= 11 is 0. The summed E-state index contributed by atoms with van der Waals surface area (Å²) in [6.45, 7) is 0. The van der Waals surface area contributed by atoms with Crippen LogP contribution in [0, 0.1) is 17.0 Å². The molecule has 0 aliphatic carbocycles. The average molecular weight is 470 g/mol. The number of anilines is 1. The number of aromatic nitrogens is 2. The molecule has 0 amide bonds. The molecule has 1 aliphatic heterocycles. The van der Waals surface area contributed by atoms with E-state index in [0.717, 1.165) is 24.3 Å². The van der Waals surface area contributed by atoms with E-state index < -0.39 is 29.3 Å². The van der Waals surface area contributed by atoms with Gasteiger partial charge < -0.3 is 10.5 Å². The van der Waals surface area contributed by atoms with Crippen molar-refractivity contribution in [1.82, 2.24) is 9.55 Å². The number of nitrogens with one attached hydrogen (secondary N) is 1. The molecule has 5 rings (SSSR count). The Morgan fingerprint density at radius 1 is 0.971 bits per heavy atom. The van der Waals surface area contributed by atoms with Gasteiger partial charge >= 0.3 is 6.18 Å². The van der Waals surface area contributed by atoms with Gasteiger partial charge in [-0.3, -0.25) is 9.98 Å². The summed E-state index contributed by atoms with van der Waals surface area (Å²) in [6.07, 6.45) is -3.30. The van der Waals surface area contributed by atoms with Crippen molar-refractivity contribution in [3.8, 4) is 17.3 Å². The van der Waals surface area contributed by atoms with Gasteiger partial charge in [-0.15, -0.1) is 0 Å². The molecule has 1 unspecified atom stereocenters. The fourth-order valence-electron chi connectivity index (χ4n) is 4.06. The summed E-state index contributed by atoms with van der Waals surface area (Å²) in [4.78, 5) is 4.21. The Bertz CT molecular complexity index is 1480. The molecule has 3 aromatic carbocycles. The van der Waals surface area contributed by atoms with Crippen molar-refractivity contribution in [2.45, 2.75) is 12.1 Å². The van der Waals surface area contributed by atoms with Gasteiger partial charge in [0.1, 0.15) is 29.2 Å². The zero-order valence-electron chi connectivity index (χ0n) is 17.2. The van der Waals surface area contributed by atoms with Crippen LogP contribution in [0.5, 0.6) is 11.6 Å². The van der Waals surface area contributed by atoms with Gasteiger partial charge in [-0.2, -0.15) is 13.2 Å². The van der Waals surface area contributed by atoms with Gasteiger partial charge in [0.05, 0.1) is 11.1 Å². The van der Waals surface area contributed by atoms with Gasteiger partial charge in [0.15, 0.2) is 0 Å². The summed E-state index contributed by atoms with van der Waals surface area (Å²) < 4.78 is 74.7. The quantitative estimate of drug-likeness (QED) is 0.264. The number of benzene rings is 3. The Labute approximate surface area is 189 Å². The second-order valence-corrected chi connectivity index (χ2v) is 7.73. The van der Waals surface area contributed by atoms with Crippen molar-refractivity contribution in [2.24, 2.45) is 0 Å². The molecular formula is C24H15F5N4O. The Balaban J connectivity index is 1.73. The van der Waals surface area contributed by atoms with Crippen LogP contribution < -0.4 is 16.0 Å². The third-order valence-corrected chi connectivity index (χ3v) is 5.57. The van der Waals surface area contributed by atoms with E-state index in [0.29, 0.717) is 11.3 Å². The lowest BCUT2D eigenvalue weighted by Gasteiger charge is -2.29. The highest BCUT2D eigenvalue weighted by Crippen LogP contribution is 2.46. The molecule has 3 N–H and O–H groups in total. The molecule has 1 aromatic heterocycles. The van der Waals surface area contributed by atoms with E-state index in [1.807, 2.05) is 0 Å². The van der Waals surface area contributed by atoms with E-state index in [4.69, 9.17) is 15.9 Å². The Morgan fingerprint density at radius 3 is 2.38 bits per heavy atom. The predicted molar refractivity (Wildman–Crippen MR) is 113 cm³/mol. The first-order valence-corrected chi connectivity index (χ1v) is 9.99. The molecule has 0 bridgehead atoms. The molecule has 10 heteroatoms. The third kappa shape index (κ3) is 3.57. The van der Waals surface area contributed by atoms with E-state index in [9.17, 15) is 17.6 Å². The fraction of sp³-hybridized carbons (Fsp3) is 0.0833. The molecule has 0 radical (unpaired) electrons. The van der Waals surface area contributed by atoms with Crippen molar-refractivity contribution < 1.29 is 26.7 Å². The van der Waals surface area contributed by atoms with Crippen LogP contribution in [0.4, 0.5) is 27.6 Å². The molecule has 0 saturated carbocycles. The second kappa shape index (κ2) is 7.68. The first kappa shape index (κ1) is 21.6. The molecule has 172 valence electrons. The minimum atomic E-state index is -4.51. The number of hydrogen-bond donors (Lipinski definition) is 2. The first-order chi connectivity index (χ1) is 16.1. The van der Waals surface area contributed by atoms with Crippen LogP contribution in [0.2, 0.25) is 0 Å². The Kier molecular flexibility index (Phi) is 4.89.